The summed E-state index contributed by atoms with van der Waals surface area (Å²) < 4.78 is 1.78. The predicted octanol–water partition coefficient (Wildman–Crippen LogP) is 2.94. The standard InChI is InChI=1S/C19H18N4O/c1-22(14-16-9-11-20-12-10-16)19(24)8-7-17-13-21-23(15-17)18-5-3-2-4-6-18/h2-13,15H,14H2,1H3/b8-7+. The van der Waals surface area contributed by atoms with Gasteiger partial charge < -0.3 is 4.90 Å². The monoisotopic (exact) mass is 318 g/mol. The second-order valence-corrected chi connectivity index (χ2v) is 5.44. The minimum atomic E-state index is -0.0562. The smallest absolute Gasteiger partial charge is 0.246 e. The molecule has 3 aromatic rings. The Morgan fingerprint density at radius 1 is 1.17 bits per heavy atom. The van der Waals surface area contributed by atoms with Crippen LogP contribution in [0.2, 0.25) is 0 Å². The minimum absolute atomic E-state index is 0.0562. The average molecular weight is 318 g/mol. The number of carbonyl (C=O) groups excluding carboxylic acids is 1. The topological polar surface area (TPSA) is 51.0 Å². The fraction of sp³-hybridized carbons (Fsp3) is 0.105. The molecule has 0 saturated carbocycles. The van der Waals surface area contributed by atoms with Crippen LogP contribution in [0.25, 0.3) is 11.8 Å². The van der Waals surface area contributed by atoms with Gasteiger partial charge in [-0.05, 0) is 35.9 Å². The number of hydrogen-bond donors (Lipinski definition) is 0. The Morgan fingerprint density at radius 2 is 1.92 bits per heavy atom. The number of carbonyl (C=O) groups is 1. The van der Waals surface area contributed by atoms with Gasteiger partial charge in [0.1, 0.15) is 0 Å². The van der Waals surface area contributed by atoms with Gasteiger partial charge in [0.05, 0.1) is 11.9 Å². The van der Waals surface area contributed by atoms with Crippen LogP contribution in [0.3, 0.4) is 0 Å². The van der Waals surface area contributed by atoms with Crippen LogP contribution in [0, 0.1) is 0 Å². The van der Waals surface area contributed by atoms with Crippen molar-refractivity contribution >= 4 is 12.0 Å². The Hall–Kier alpha value is -3.21. The molecule has 0 aliphatic rings. The molecule has 0 radical (unpaired) electrons. The molecule has 120 valence electrons. The molecule has 2 aromatic heterocycles. The van der Waals surface area contributed by atoms with E-state index in [1.165, 1.54) is 0 Å². The molecule has 0 saturated heterocycles. The molecule has 3 rings (SSSR count). The molecule has 0 aliphatic heterocycles. The molecule has 0 spiro atoms. The van der Waals surface area contributed by atoms with Crippen LogP contribution in [0.15, 0.2) is 73.3 Å². The van der Waals surface area contributed by atoms with E-state index in [9.17, 15) is 4.79 Å². The third kappa shape index (κ3) is 3.95. The zero-order valence-corrected chi connectivity index (χ0v) is 13.4. The van der Waals surface area contributed by atoms with E-state index in [1.807, 2.05) is 48.7 Å². The molecule has 2 heterocycles. The van der Waals surface area contributed by atoms with Crippen LogP contribution in [0.1, 0.15) is 11.1 Å². The molecule has 24 heavy (non-hydrogen) atoms. The maximum absolute atomic E-state index is 12.2. The first-order valence-corrected chi connectivity index (χ1v) is 7.64. The van der Waals surface area contributed by atoms with Crippen LogP contribution in [-0.4, -0.2) is 32.6 Å². The van der Waals surface area contributed by atoms with Gasteiger partial charge in [-0.3, -0.25) is 9.78 Å². The van der Waals surface area contributed by atoms with E-state index in [1.54, 1.807) is 47.4 Å². The molecule has 0 atom stereocenters. The van der Waals surface area contributed by atoms with E-state index in [2.05, 4.69) is 10.1 Å². The van der Waals surface area contributed by atoms with Crippen LogP contribution in [-0.2, 0) is 11.3 Å². The molecule has 1 aromatic carbocycles. The van der Waals surface area contributed by atoms with E-state index in [4.69, 9.17) is 0 Å². The van der Waals surface area contributed by atoms with E-state index in [0.717, 1.165) is 16.8 Å². The third-order valence-electron chi connectivity index (χ3n) is 3.59. The fourth-order valence-electron chi connectivity index (χ4n) is 2.28. The van der Waals surface area contributed by atoms with Crippen molar-refractivity contribution in [1.29, 1.82) is 0 Å². The quantitative estimate of drug-likeness (QED) is 0.680. The summed E-state index contributed by atoms with van der Waals surface area (Å²) in [4.78, 5) is 17.8. The summed E-state index contributed by atoms with van der Waals surface area (Å²) in [5.41, 5.74) is 2.91. The Kier molecular flexibility index (Phi) is 4.81. The zero-order valence-electron chi connectivity index (χ0n) is 13.4. The van der Waals surface area contributed by atoms with Crippen molar-refractivity contribution in [3.8, 4) is 5.69 Å². The van der Waals surface area contributed by atoms with Gasteiger partial charge in [-0.15, -0.1) is 0 Å². The van der Waals surface area contributed by atoms with E-state index in [0.29, 0.717) is 6.54 Å². The number of rotatable bonds is 5. The first-order chi connectivity index (χ1) is 11.7. The largest absolute Gasteiger partial charge is 0.338 e. The van der Waals surface area contributed by atoms with Gasteiger partial charge in [0, 0.05) is 43.8 Å². The molecule has 5 heteroatoms. The van der Waals surface area contributed by atoms with Crippen molar-refractivity contribution in [2.75, 3.05) is 7.05 Å². The molecule has 0 bridgehead atoms. The highest BCUT2D eigenvalue weighted by Crippen LogP contribution is 2.09. The Bertz CT molecular complexity index is 825. The second kappa shape index (κ2) is 7.37. The summed E-state index contributed by atoms with van der Waals surface area (Å²) in [6.45, 7) is 0.551. The number of likely N-dealkylation sites (N-methyl/N-ethyl adjacent to an activating group) is 1. The van der Waals surface area contributed by atoms with Gasteiger partial charge in [0.15, 0.2) is 0 Å². The predicted molar refractivity (Wildman–Crippen MR) is 93.3 cm³/mol. The van der Waals surface area contributed by atoms with Crippen molar-refractivity contribution in [2.24, 2.45) is 0 Å². The van der Waals surface area contributed by atoms with Crippen molar-refractivity contribution in [1.82, 2.24) is 19.7 Å². The first-order valence-electron chi connectivity index (χ1n) is 7.64. The van der Waals surface area contributed by atoms with Gasteiger partial charge >= 0.3 is 0 Å². The van der Waals surface area contributed by atoms with E-state index < -0.39 is 0 Å². The third-order valence-corrected chi connectivity index (χ3v) is 3.59. The Morgan fingerprint density at radius 3 is 2.67 bits per heavy atom. The van der Waals surface area contributed by atoms with Gasteiger partial charge in [-0.2, -0.15) is 5.10 Å². The van der Waals surface area contributed by atoms with Crippen molar-refractivity contribution in [3.05, 3.63) is 84.5 Å². The number of nitrogens with zero attached hydrogens (tertiary/aromatic N) is 4. The highest BCUT2D eigenvalue weighted by atomic mass is 16.2. The maximum atomic E-state index is 12.2. The van der Waals surface area contributed by atoms with Gasteiger partial charge in [0.25, 0.3) is 0 Å². The van der Waals surface area contributed by atoms with Gasteiger partial charge in [-0.1, -0.05) is 18.2 Å². The summed E-state index contributed by atoms with van der Waals surface area (Å²) in [6.07, 6.45) is 10.4. The molecule has 0 fully saturated rings. The normalized spacial score (nSPS) is 10.9. The molecular weight excluding hydrogens is 300 g/mol. The molecule has 0 N–H and O–H groups in total. The van der Waals surface area contributed by atoms with Crippen LogP contribution < -0.4 is 0 Å². The lowest BCUT2D eigenvalue weighted by Gasteiger charge is -2.14. The number of aromatic nitrogens is 3. The van der Waals surface area contributed by atoms with Crippen LogP contribution in [0.4, 0.5) is 0 Å². The summed E-state index contributed by atoms with van der Waals surface area (Å²) in [5, 5.41) is 4.31. The Balaban J connectivity index is 1.63. The lowest BCUT2D eigenvalue weighted by atomic mass is 10.2. The average Bonchev–Trinajstić information content (AvgIpc) is 3.10. The molecule has 0 aliphatic carbocycles. The van der Waals surface area contributed by atoms with Crippen LogP contribution in [0.5, 0.6) is 0 Å². The zero-order chi connectivity index (χ0) is 16.8. The lowest BCUT2D eigenvalue weighted by Crippen LogP contribution is -2.24. The van der Waals surface area contributed by atoms with E-state index >= 15 is 0 Å². The van der Waals surface area contributed by atoms with Gasteiger partial charge in [0.2, 0.25) is 5.91 Å². The number of para-hydroxylation sites is 1. The van der Waals surface area contributed by atoms with E-state index in [-0.39, 0.29) is 5.91 Å². The number of benzene rings is 1. The molecule has 5 nitrogen and oxygen atoms in total. The lowest BCUT2D eigenvalue weighted by molar-refractivity contribution is -0.125. The Labute approximate surface area is 140 Å². The maximum Gasteiger partial charge on any atom is 0.246 e. The minimum Gasteiger partial charge on any atom is -0.338 e. The highest BCUT2D eigenvalue weighted by Gasteiger charge is 2.06. The molecule has 1 amide bonds. The van der Waals surface area contributed by atoms with Crippen molar-refractivity contribution in [2.45, 2.75) is 6.54 Å². The van der Waals surface area contributed by atoms with Gasteiger partial charge in [-0.25, -0.2) is 4.68 Å². The summed E-state index contributed by atoms with van der Waals surface area (Å²) in [5.74, 6) is -0.0562. The van der Waals surface area contributed by atoms with Crippen molar-refractivity contribution < 1.29 is 4.79 Å². The highest BCUT2D eigenvalue weighted by molar-refractivity contribution is 5.91. The fourth-order valence-corrected chi connectivity index (χ4v) is 2.28. The SMILES string of the molecule is CN(Cc1ccncc1)C(=O)/C=C/c1cnn(-c2ccccc2)c1. The number of amides is 1. The summed E-state index contributed by atoms with van der Waals surface area (Å²) >= 11 is 0. The molecular formula is C19H18N4O. The summed E-state index contributed by atoms with van der Waals surface area (Å²) in [7, 11) is 1.78. The first kappa shape index (κ1) is 15.7. The summed E-state index contributed by atoms with van der Waals surface area (Å²) in [6, 6.07) is 13.6. The second-order valence-electron chi connectivity index (χ2n) is 5.44. The van der Waals surface area contributed by atoms with Crippen molar-refractivity contribution in [3.63, 3.8) is 0 Å². The van der Waals surface area contributed by atoms with Crippen LogP contribution >= 0.6 is 0 Å². The molecule has 0 unspecified atom stereocenters. The number of hydrogen-bond acceptors (Lipinski definition) is 3. The number of pyridine rings is 1.